The number of urea groups is 1. The summed E-state index contributed by atoms with van der Waals surface area (Å²) in [6.45, 7) is 5.60. The molecule has 3 aliphatic rings. The van der Waals surface area contributed by atoms with E-state index in [4.69, 9.17) is 5.26 Å². The molecule has 1 aromatic carbocycles. The Hall–Kier alpha value is -4.73. The summed E-state index contributed by atoms with van der Waals surface area (Å²) >= 11 is 0. The standard InChI is InChI=1S/C30H34FN7O5/c1-17(2)38-25-9-8-21(12-23(25)28(41)37(30(38)43)15-19-4-5-19)34-29(42)35-10-11-36(18(3)39)26(16-35)27(40)33-22-7-6-20(14-32)24(31)13-22/h6-9,12,17,19,22,26H,4-5,10-11,13,15-16H2,1-3H3,(H,33,40)(H,34,42). The number of carbonyl (C=O) groups is 3. The van der Waals surface area contributed by atoms with Gasteiger partial charge >= 0.3 is 11.7 Å². The zero-order valence-electron chi connectivity index (χ0n) is 24.3. The van der Waals surface area contributed by atoms with E-state index in [9.17, 15) is 28.4 Å². The fourth-order valence-corrected chi connectivity index (χ4v) is 5.60. The predicted octanol–water partition coefficient (Wildman–Crippen LogP) is 2.41. The number of aromatic nitrogens is 2. The highest BCUT2D eigenvalue weighted by molar-refractivity contribution is 5.94. The monoisotopic (exact) mass is 591 g/mol. The van der Waals surface area contributed by atoms with Gasteiger partial charge in [-0.3, -0.25) is 23.5 Å². The van der Waals surface area contributed by atoms with Crippen LogP contribution in [-0.4, -0.2) is 68.5 Å². The molecule has 2 fully saturated rings. The summed E-state index contributed by atoms with van der Waals surface area (Å²) in [5.74, 6) is -1.22. The van der Waals surface area contributed by atoms with E-state index in [-0.39, 0.29) is 49.3 Å². The molecule has 1 aliphatic heterocycles. The topological polar surface area (TPSA) is 150 Å². The number of anilines is 1. The van der Waals surface area contributed by atoms with Gasteiger partial charge in [0.25, 0.3) is 5.56 Å². The molecule has 0 radical (unpaired) electrons. The van der Waals surface area contributed by atoms with Crippen molar-refractivity contribution in [2.45, 2.75) is 64.7 Å². The van der Waals surface area contributed by atoms with Crippen molar-refractivity contribution in [1.29, 1.82) is 5.26 Å². The number of carbonyl (C=O) groups excluding carboxylic acids is 3. The molecule has 2 atom stereocenters. The van der Waals surface area contributed by atoms with Crippen LogP contribution in [0.25, 0.3) is 10.9 Å². The van der Waals surface area contributed by atoms with Crippen LogP contribution in [0.1, 0.15) is 46.1 Å². The smallest absolute Gasteiger partial charge is 0.331 e. The number of hydrogen-bond acceptors (Lipinski definition) is 6. The highest BCUT2D eigenvalue weighted by Gasteiger charge is 2.37. The first-order valence-corrected chi connectivity index (χ1v) is 14.4. The number of hydrogen-bond donors (Lipinski definition) is 2. The number of halogens is 1. The van der Waals surface area contributed by atoms with Gasteiger partial charge in [-0.2, -0.15) is 5.26 Å². The lowest BCUT2D eigenvalue weighted by molar-refractivity contribution is -0.141. The third-order valence-electron chi connectivity index (χ3n) is 8.08. The van der Waals surface area contributed by atoms with E-state index in [1.807, 2.05) is 13.8 Å². The number of nitrogens with one attached hydrogen (secondary N) is 2. The van der Waals surface area contributed by atoms with Crippen LogP contribution in [0, 0.1) is 17.2 Å². The van der Waals surface area contributed by atoms with Crippen LogP contribution < -0.4 is 21.9 Å². The Morgan fingerprint density at radius 1 is 1.16 bits per heavy atom. The van der Waals surface area contributed by atoms with Crippen LogP contribution in [0.4, 0.5) is 14.9 Å². The summed E-state index contributed by atoms with van der Waals surface area (Å²) in [6, 6.07) is 4.14. The molecule has 1 saturated heterocycles. The van der Waals surface area contributed by atoms with E-state index >= 15 is 0 Å². The predicted molar refractivity (Wildman–Crippen MR) is 157 cm³/mol. The second-order valence-electron chi connectivity index (χ2n) is 11.6. The molecule has 1 aromatic heterocycles. The second-order valence-corrected chi connectivity index (χ2v) is 11.6. The Morgan fingerprint density at radius 2 is 1.91 bits per heavy atom. The maximum Gasteiger partial charge on any atom is 0.331 e. The van der Waals surface area contributed by atoms with Gasteiger partial charge in [0.1, 0.15) is 17.9 Å². The molecular weight excluding hydrogens is 557 g/mol. The number of nitrogens with zero attached hydrogens (tertiary/aromatic N) is 5. The summed E-state index contributed by atoms with van der Waals surface area (Å²) in [4.78, 5) is 68.1. The van der Waals surface area contributed by atoms with Crippen molar-refractivity contribution in [2.24, 2.45) is 5.92 Å². The third kappa shape index (κ3) is 6.09. The largest absolute Gasteiger partial charge is 0.348 e. The minimum Gasteiger partial charge on any atom is -0.348 e. The van der Waals surface area contributed by atoms with Gasteiger partial charge in [0, 0.05) is 44.7 Å². The minimum atomic E-state index is -1.01. The van der Waals surface area contributed by atoms with Gasteiger partial charge in [-0.05, 0) is 56.9 Å². The molecule has 2 heterocycles. The highest BCUT2D eigenvalue weighted by atomic mass is 19.1. The Balaban J connectivity index is 1.34. The van der Waals surface area contributed by atoms with Gasteiger partial charge in [-0.15, -0.1) is 0 Å². The van der Waals surface area contributed by atoms with Crippen LogP contribution in [0.5, 0.6) is 0 Å². The normalized spacial score (nSPS) is 20.4. The van der Waals surface area contributed by atoms with Crippen molar-refractivity contribution in [3.63, 3.8) is 0 Å². The van der Waals surface area contributed by atoms with Crippen LogP contribution in [0.15, 0.2) is 51.3 Å². The molecule has 1 saturated carbocycles. The Morgan fingerprint density at radius 3 is 2.53 bits per heavy atom. The minimum absolute atomic E-state index is 0.0978. The van der Waals surface area contributed by atoms with Crippen molar-refractivity contribution >= 4 is 34.4 Å². The van der Waals surface area contributed by atoms with Gasteiger partial charge in [-0.25, -0.2) is 14.0 Å². The van der Waals surface area contributed by atoms with Crippen LogP contribution in [0.3, 0.4) is 0 Å². The molecule has 13 heteroatoms. The molecular formula is C30H34FN7O5. The first-order chi connectivity index (χ1) is 20.5. The van der Waals surface area contributed by atoms with Crippen molar-refractivity contribution < 1.29 is 18.8 Å². The van der Waals surface area contributed by atoms with E-state index in [0.717, 1.165) is 12.8 Å². The summed E-state index contributed by atoms with van der Waals surface area (Å²) in [5.41, 5.74) is -0.0286. The lowest BCUT2D eigenvalue weighted by Gasteiger charge is -2.40. The maximum atomic E-state index is 14.1. The molecule has 2 aromatic rings. The average molecular weight is 592 g/mol. The lowest BCUT2D eigenvalue weighted by Crippen LogP contribution is -2.62. The summed E-state index contributed by atoms with van der Waals surface area (Å²) in [6.07, 6.45) is 4.59. The van der Waals surface area contributed by atoms with E-state index in [1.165, 1.54) is 33.4 Å². The Labute approximate surface area is 247 Å². The van der Waals surface area contributed by atoms with Crippen LogP contribution >= 0.6 is 0 Å². The number of amides is 4. The number of benzene rings is 1. The molecule has 2 aliphatic carbocycles. The zero-order valence-corrected chi connectivity index (χ0v) is 24.3. The van der Waals surface area contributed by atoms with Crippen LogP contribution in [-0.2, 0) is 16.1 Å². The van der Waals surface area contributed by atoms with Gasteiger partial charge < -0.3 is 20.4 Å². The fraction of sp³-hybridized carbons (Fsp3) is 0.467. The molecule has 43 heavy (non-hydrogen) atoms. The number of allylic oxidation sites excluding steroid dienone is 2. The van der Waals surface area contributed by atoms with Gasteiger partial charge in [0.2, 0.25) is 11.8 Å². The first kappa shape index (κ1) is 29.8. The molecule has 2 N–H and O–H groups in total. The number of piperazine rings is 1. The fourth-order valence-electron chi connectivity index (χ4n) is 5.60. The Kier molecular flexibility index (Phi) is 8.21. The quantitative estimate of drug-likeness (QED) is 0.527. The van der Waals surface area contributed by atoms with Crippen molar-refractivity contribution in [2.75, 3.05) is 25.0 Å². The maximum absolute atomic E-state index is 14.1. The highest BCUT2D eigenvalue weighted by Crippen LogP contribution is 2.30. The van der Waals surface area contributed by atoms with Crippen molar-refractivity contribution in [3.8, 4) is 6.07 Å². The Bertz CT molecular complexity index is 1710. The first-order valence-electron chi connectivity index (χ1n) is 14.4. The molecule has 226 valence electrons. The lowest BCUT2D eigenvalue weighted by atomic mass is 10.0. The van der Waals surface area contributed by atoms with E-state index in [1.54, 1.807) is 28.8 Å². The van der Waals surface area contributed by atoms with E-state index in [2.05, 4.69) is 10.6 Å². The zero-order chi connectivity index (χ0) is 31.0. The molecule has 12 nitrogen and oxygen atoms in total. The number of nitriles is 1. The average Bonchev–Trinajstić information content (AvgIpc) is 3.79. The molecule has 4 amide bonds. The van der Waals surface area contributed by atoms with E-state index < -0.39 is 35.4 Å². The van der Waals surface area contributed by atoms with Gasteiger partial charge in [0.15, 0.2) is 0 Å². The van der Waals surface area contributed by atoms with Crippen molar-refractivity contribution in [3.05, 3.63) is 62.6 Å². The number of rotatable bonds is 6. The summed E-state index contributed by atoms with van der Waals surface area (Å²) < 4.78 is 17.0. The van der Waals surface area contributed by atoms with Crippen molar-refractivity contribution in [1.82, 2.24) is 24.3 Å². The molecule has 0 bridgehead atoms. The number of fused-ring (bicyclic) bond motifs is 1. The summed E-state index contributed by atoms with van der Waals surface area (Å²) in [5, 5.41) is 14.8. The molecule has 2 unspecified atom stereocenters. The SMILES string of the molecule is CC(=O)N1CCN(C(=O)Nc2ccc3c(c2)c(=O)n(CC2CC2)c(=O)n3C(C)C)CC1C(=O)NC1C=CC(C#N)=C(F)C1. The van der Waals surface area contributed by atoms with Crippen LogP contribution in [0.2, 0.25) is 0 Å². The second kappa shape index (κ2) is 11.9. The molecule has 5 rings (SSSR count). The van der Waals surface area contributed by atoms with Gasteiger partial charge in [0.05, 0.1) is 29.1 Å². The summed E-state index contributed by atoms with van der Waals surface area (Å²) in [7, 11) is 0. The third-order valence-corrected chi connectivity index (χ3v) is 8.08. The van der Waals surface area contributed by atoms with E-state index in [0.29, 0.717) is 29.1 Å². The molecule has 0 spiro atoms. The van der Waals surface area contributed by atoms with Gasteiger partial charge in [-0.1, -0.05) is 6.08 Å².